The minimum Gasteiger partial charge on any atom is -0.372 e. The summed E-state index contributed by atoms with van der Waals surface area (Å²) in [5.41, 5.74) is 0.638. The van der Waals surface area contributed by atoms with Crippen LogP contribution < -0.4 is 0 Å². The summed E-state index contributed by atoms with van der Waals surface area (Å²) < 4.78 is 5.19. The Kier molecular flexibility index (Phi) is 4.16. The number of carbonyl (C=O) groups excluding carboxylic acids is 2. The van der Waals surface area contributed by atoms with Crippen LogP contribution in [0.2, 0.25) is 0 Å². The van der Waals surface area contributed by atoms with Crippen molar-refractivity contribution in [2.24, 2.45) is 0 Å². The lowest BCUT2D eigenvalue weighted by molar-refractivity contribution is -0.162. The van der Waals surface area contributed by atoms with E-state index >= 15 is 0 Å². The van der Waals surface area contributed by atoms with Gasteiger partial charge in [0.2, 0.25) is 0 Å². The van der Waals surface area contributed by atoms with E-state index in [0.717, 1.165) is 24.8 Å². The van der Waals surface area contributed by atoms with Crippen LogP contribution >= 0.6 is 0 Å². The van der Waals surface area contributed by atoms with Crippen molar-refractivity contribution in [3.63, 3.8) is 0 Å². The van der Waals surface area contributed by atoms with Crippen LogP contribution in [0, 0.1) is 0 Å². The number of hydrazine groups is 1. The molecule has 2 aliphatic rings. The monoisotopic (exact) mass is 302 g/mol. The lowest BCUT2D eigenvalue weighted by Gasteiger charge is -2.31. The molecule has 1 saturated carbocycles. The number of nitrogens with zero attached hydrogens (tertiary/aromatic N) is 2. The average molecular weight is 302 g/mol. The van der Waals surface area contributed by atoms with Crippen molar-refractivity contribution in [3.8, 4) is 0 Å². The first-order valence-corrected chi connectivity index (χ1v) is 7.94. The first-order chi connectivity index (χ1) is 10.7. The van der Waals surface area contributed by atoms with Gasteiger partial charge >= 0.3 is 0 Å². The Labute approximate surface area is 130 Å². The summed E-state index contributed by atoms with van der Waals surface area (Å²) in [4.78, 5) is 25.2. The maximum Gasteiger partial charge on any atom is 0.267 e. The van der Waals surface area contributed by atoms with Gasteiger partial charge in [0.05, 0.1) is 5.41 Å². The molecule has 5 nitrogen and oxygen atoms in total. The third kappa shape index (κ3) is 2.61. The van der Waals surface area contributed by atoms with Gasteiger partial charge in [-0.25, -0.2) is 5.01 Å². The van der Waals surface area contributed by atoms with Crippen LogP contribution in [0.15, 0.2) is 30.3 Å². The summed E-state index contributed by atoms with van der Waals surface area (Å²) >= 11 is 0. The van der Waals surface area contributed by atoms with E-state index in [-0.39, 0.29) is 18.4 Å². The number of amides is 2. The zero-order valence-corrected chi connectivity index (χ0v) is 13.0. The molecule has 2 fully saturated rings. The van der Waals surface area contributed by atoms with Gasteiger partial charge in [0.15, 0.2) is 0 Å². The highest BCUT2D eigenvalue weighted by Crippen LogP contribution is 2.50. The molecule has 0 atom stereocenters. The van der Waals surface area contributed by atoms with Crippen molar-refractivity contribution in [1.82, 2.24) is 10.0 Å². The summed E-state index contributed by atoms with van der Waals surface area (Å²) in [5.74, 6) is -0.0717. The van der Waals surface area contributed by atoms with Crippen molar-refractivity contribution >= 4 is 11.8 Å². The number of ether oxygens (including phenoxy) is 1. The smallest absolute Gasteiger partial charge is 0.267 e. The molecule has 1 aromatic carbocycles. The molecule has 0 unspecified atom stereocenters. The van der Waals surface area contributed by atoms with Crippen LogP contribution in [0.25, 0.3) is 0 Å². The first kappa shape index (κ1) is 15.0. The highest BCUT2D eigenvalue weighted by atomic mass is 16.5. The lowest BCUT2D eigenvalue weighted by Crippen LogP contribution is -2.50. The van der Waals surface area contributed by atoms with Crippen molar-refractivity contribution < 1.29 is 14.3 Å². The molecule has 0 bridgehead atoms. The van der Waals surface area contributed by atoms with Crippen molar-refractivity contribution in [2.75, 3.05) is 26.3 Å². The second-order valence-electron chi connectivity index (χ2n) is 5.88. The molecule has 0 aromatic heterocycles. The first-order valence-electron chi connectivity index (χ1n) is 7.94. The van der Waals surface area contributed by atoms with Crippen molar-refractivity contribution in [1.29, 1.82) is 0 Å². The van der Waals surface area contributed by atoms with E-state index in [1.807, 2.05) is 37.3 Å². The molecule has 1 aliphatic heterocycles. The van der Waals surface area contributed by atoms with Gasteiger partial charge < -0.3 is 4.74 Å². The fourth-order valence-corrected chi connectivity index (χ4v) is 3.10. The van der Waals surface area contributed by atoms with Gasteiger partial charge in [-0.1, -0.05) is 30.3 Å². The van der Waals surface area contributed by atoms with Gasteiger partial charge in [-0.15, -0.1) is 0 Å². The van der Waals surface area contributed by atoms with E-state index in [2.05, 4.69) is 0 Å². The molecule has 1 heterocycles. The molecule has 0 N–H and O–H groups in total. The Bertz CT molecular complexity index is 554. The predicted molar refractivity (Wildman–Crippen MR) is 81.9 cm³/mol. The number of benzene rings is 1. The molecule has 1 aliphatic carbocycles. The second kappa shape index (κ2) is 6.08. The molecule has 0 radical (unpaired) electrons. The van der Waals surface area contributed by atoms with E-state index in [4.69, 9.17) is 4.74 Å². The number of rotatable bonds is 5. The molecule has 5 heteroatoms. The van der Waals surface area contributed by atoms with E-state index in [1.54, 1.807) is 10.0 Å². The van der Waals surface area contributed by atoms with E-state index in [0.29, 0.717) is 19.7 Å². The van der Waals surface area contributed by atoms with Crippen LogP contribution in [0.1, 0.15) is 31.7 Å². The average Bonchev–Trinajstić information content (AvgIpc) is 3.23. The topological polar surface area (TPSA) is 49.9 Å². The quantitative estimate of drug-likeness (QED) is 0.832. The summed E-state index contributed by atoms with van der Waals surface area (Å²) in [5, 5.41) is 3.21. The van der Waals surface area contributed by atoms with E-state index < -0.39 is 5.41 Å². The fourth-order valence-electron chi connectivity index (χ4n) is 3.10. The number of carbonyl (C=O) groups is 2. The Morgan fingerprint density at radius 2 is 1.82 bits per heavy atom. The van der Waals surface area contributed by atoms with E-state index in [1.165, 1.54) is 0 Å². The maximum absolute atomic E-state index is 13.0. The number of hydrogen-bond acceptors (Lipinski definition) is 3. The largest absolute Gasteiger partial charge is 0.372 e. The van der Waals surface area contributed by atoms with Gasteiger partial charge in [-0.05, 0) is 31.7 Å². The Hall–Kier alpha value is -1.88. The Balaban J connectivity index is 1.75. The van der Waals surface area contributed by atoms with Crippen LogP contribution in [0.5, 0.6) is 0 Å². The molecule has 0 spiro atoms. The summed E-state index contributed by atoms with van der Waals surface area (Å²) in [7, 11) is 0. The lowest BCUT2D eigenvalue weighted by atomic mass is 9.95. The maximum atomic E-state index is 13.0. The molecule has 3 rings (SSSR count). The fraction of sp³-hybridized carbons (Fsp3) is 0.529. The summed E-state index contributed by atoms with van der Waals surface area (Å²) in [6, 6.07) is 9.90. The molecule has 1 saturated heterocycles. The third-order valence-electron chi connectivity index (χ3n) is 4.47. The highest BCUT2D eigenvalue weighted by Gasteiger charge is 2.54. The second-order valence-corrected chi connectivity index (χ2v) is 5.88. The Morgan fingerprint density at radius 1 is 1.14 bits per heavy atom. The van der Waals surface area contributed by atoms with Crippen LogP contribution in [0.4, 0.5) is 0 Å². The summed E-state index contributed by atoms with van der Waals surface area (Å²) in [6.45, 7) is 3.61. The van der Waals surface area contributed by atoms with Gasteiger partial charge in [-0.2, -0.15) is 0 Å². The van der Waals surface area contributed by atoms with E-state index in [9.17, 15) is 9.59 Å². The van der Waals surface area contributed by atoms with Crippen molar-refractivity contribution in [2.45, 2.75) is 31.6 Å². The minimum atomic E-state index is -0.421. The standard InChI is InChI=1S/C17H22N2O3/c1-2-22-13-15(20)18-11-6-12-19(18)16(21)17(9-10-17)14-7-4-3-5-8-14/h3-5,7-8H,2,6,9-13H2,1H3. The van der Waals surface area contributed by atoms with Crippen LogP contribution in [0.3, 0.4) is 0 Å². The molecule has 22 heavy (non-hydrogen) atoms. The molecular weight excluding hydrogens is 280 g/mol. The van der Waals surface area contributed by atoms with Crippen molar-refractivity contribution in [3.05, 3.63) is 35.9 Å². The third-order valence-corrected chi connectivity index (χ3v) is 4.47. The normalized spacial score (nSPS) is 19.3. The minimum absolute atomic E-state index is 0.0403. The molecule has 2 amide bonds. The predicted octanol–water partition coefficient (Wildman–Crippen LogP) is 1.73. The van der Waals surface area contributed by atoms with Gasteiger partial charge in [0.25, 0.3) is 11.8 Å². The van der Waals surface area contributed by atoms with Gasteiger partial charge in [0.1, 0.15) is 6.61 Å². The number of hydrogen-bond donors (Lipinski definition) is 0. The summed E-state index contributed by atoms with van der Waals surface area (Å²) in [6.07, 6.45) is 2.55. The molecular formula is C17H22N2O3. The van der Waals surface area contributed by atoms with Crippen LogP contribution in [-0.2, 0) is 19.7 Å². The van der Waals surface area contributed by atoms with Gasteiger partial charge in [-0.3, -0.25) is 14.6 Å². The highest BCUT2D eigenvalue weighted by molar-refractivity contribution is 5.93. The zero-order valence-electron chi connectivity index (χ0n) is 13.0. The van der Waals surface area contributed by atoms with Crippen LogP contribution in [-0.4, -0.2) is 48.1 Å². The SMILES string of the molecule is CCOCC(=O)N1CCCN1C(=O)C1(c2ccccc2)CC1. The molecule has 1 aromatic rings. The molecule has 118 valence electrons. The zero-order chi connectivity index (χ0) is 15.6. The Morgan fingerprint density at radius 3 is 2.45 bits per heavy atom. The van der Waals surface area contributed by atoms with Gasteiger partial charge in [0, 0.05) is 19.7 Å².